The summed E-state index contributed by atoms with van der Waals surface area (Å²) in [5, 5.41) is 9.82. The van der Waals surface area contributed by atoms with E-state index < -0.39 is 12.0 Å². The van der Waals surface area contributed by atoms with Crippen LogP contribution in [-0.2, 0) is 9.53 Å². The summed E-state index contributed by atoms with van der Waals surface area (Å²) in [5.41, 5.74) is 5.91. The highest BCUT2D eigenvalue weighted by molar-refractivity contribution is 5.78. The second-order valence-electron chi connectivity index (χ2n) is 3.13. The molecule has 0 radical (unpaired) electrons. The highest BCUT2D eigenvalue weighted by Crippen LogP contribution is 2.33. The maximum atomic E-state index is 11.2. The van der Waals surface area contributed by atoms with Gasteiger partial charge in [0.15, 0.2) is 11.5 Å². The Morgan fingerprint density at radius 1 is 1.56 bits per heavy atom. The van der Waals surface area contributed by atoms with E-state index in [4.69, 9.17) is 10.5 Å². The van der Waals surface area contributed by atoms with Crippen LogP contribution in [0.25, 0.3) is 0 Å². The number of rotatable bonds is 4. The van der Waals surface area contributed by atoms with Crippen molar-refractivity contribution in [2.75, 3.05) is 13.7 Å². The van der Waals surface area contributed by atoms with Gasteiger partial charge in [0, 0.05) is 5.56 Å². The molecule has 0 amide bonds. The van der Waals surface area contributed by atoms with Gasteiger partial charge in [0.2, 0.25) is 0 Å². The van der Waals surface area contributed by atoms with Crippen LogP contribution in [0, 0.1) is 0 Å². The number of methoxy groups -OCH3 is 1. The first kappa shape index (κ1) is 12.3. The van der Waals surface area contributed by atoms with E-state index in [-0.39, 0.29) is 11.3 Å². The Morgan fingerprint density at radius 2 is 2.25 bits per heavy atom. The minimum absolute atomic E-state index is 0.123. The SMILES string of the molecule is CCOc1cccc([C@@H](N)C(=O)OC)c1O. The first-order chi connectivity index (χ1) is 7.61. The molecule has 88 valence electrons. The van der Waals surface area contributed by atoms with Crippen molar-refractivity contribution in [3.8, 4) is 11.5 Å². The fourth-order valence-corrected chi connectivity index (χ4v) is 1.32. The Balaban J connectivity index is 3.05. The van der Waals surface area contributed by atoms with Gasteiger partial charge in [0.25, 0.3) is 0 Å². The molecule has 1 aromatic carbocycles. The number of carbonyl (C=O) groups excluding carboxylic acids is 1. The van der Waals surface area contributed by atoms with Crippen molar-refractivity contribution >= 4 is 5.97 Å². The standard InChI is InChI=1S/C11H15NO4/c1-3-16-8-6-4-5-7(10(8)13)9(12)11(14)15-2/h4-6,9,13H,3,12H2,1-2H3/t9-/m1/s1. The summed E-state index contributed by atoms with van der Waals surface area (Å²) in [6.07, 6.45) is 0. The van der Waals surface area contributed by atoms with Gasteiger partial charge in [-0.15, -0.1) is 0 Å². The number of phenolic OH excluding ortho intramolecular Hbond substituents is 1. The second kappa shape index (κ2) is 5.37. The number of para-hydroxylation sites is 1. The minimum Gasteiger partial charge on any atom is -0.504 e. The van der Waals surface area contributed by atoms with Crippen LogP contribution in [0.2, 0.25) is 0 Å². The number of ether oxygens (including phenoxy) is 2. The van der Waals surface area contributed by atoms with E-state index in [9.17, 15) is 9.90 Å². The topological polar surface area (TPSA) is 81.8 Å². The average Bonchev–Trinajstić information content (AvgIpc) is 2.30. The lowest BCUT2D eigenvalue weighted by atomic mass is 10.1. The second-order valence-corrected chi connectivity index (χ2v) is 3.13. The smallest absolute Gasteiger partial charge is 0.327 e. The van der Waals surface area contributed by atoms with Crippen LogP contribution in [-0.4, -0.2) is 24.8 Å². The highest BCUT2D eigenvalue weighted by atomic mass is 16.5. The molecule has 0 unspecified atom stereocenters. The van der Waals surface area contributed by atoms with Gasteiger partial charge in [-0.3, -0.25) is 4.79 Å². The molecule has 0 bridgehead atoms. The van der Waals surface area contributed by atoms with Crippen molar-refractivity contribution in [2.24, 2.45) is 5.73 Å². The summed E-state index contributed by atoms with van der Waals surface area (Å²) in [7, 11) is 1.24. The van der Waals surface area contributed by atoms with Gasteiger partial charge < -0.3 is 20.3 Å². The van der Waals surface area contributed by atoms with Crippen LogP contribution >= 0.6 is 0 Å². The van der Waals surface area contributed by atoms with E-state index in [1.54, 1.807) is 25.1 Å². The molecule has 5 nitrogen and oxygen atoms in total. The fourth-order valence-electron chi connectivity index (χ4n) is 1.32. The molecule has 1 rings (SSSR count). The molecule has 0 aromatic heterocycles. The first-order valence-corrected chi connectivity index (χ1v) is 4.89. The molecule has 5 heteroatoms. The third kappa shape index (κ3) is 2.43. The van der Waals surface area contributed by atoms with Gasteiger partial charge in [-0.2, -0.15) is 0 Å². The zero-order valence-electron chi connectivity index (χ0n) is 9.27. The van der Waals surface area contributed by atoms with Crippen molar-refractivity contribution in [3.05, 3.63) is 23.8 Å². The first-order valence-electron chi connectivity index (χ1n) is 4.89. The lowest BCUT2D eigenvalue weighted by molar-refractivity contribution is -0.142. The summed E-state index contributed by atoms with van der Waals surface area (Å²) in [4.78, 5) is 11.2. The molecule has 0 aliphatic carbocycles. The van der Waals surface area contributed by atoms with Crippen LogP contribution in [0.1, 0.15) is 18.5 Å². The van der Waals surface area contributed by atoms with Gasteiger partial charge >= 0.3 is 5.97 Å². The number of nitrogens with two attached hydrogens (primary N) is 1. The number of hydrogen-bond acceptors (Lipinski definition) is 5. The van der Waals surface area contributed by atoms with E-state index in [0.717, 1.165) is 0 Å². The van der Waals surface area contributed by atoms with E-state index in [1.807, 2.05) is 0 Å². The predicted molar refractivity (Wildman–Crippen MR) is 58.2 cm³/mol. The van der Waals surface area contributed by atoms with Crippen LogP contribution in [0.4, 0.5) is 0 Å². The maximum Gasteiger partial charge on any atom is 0.327 e. The highest BCUT2D eigenvalue weighted by Gasteiger charge is 2.21. The molecule has 1 atom stereocenters. The maximum absolute atomic E-state index is 11.2. The normalized spacial score (nSPS) is 11.9. The van der Waals surface area contributed by atoms with Gasteiger partial charge in [0.1, 0.15) is 6.04 Å². The van der Waals surface area contributed by atoms with E-state index in [2.05, 4.69) is 4.74 Å². The number of aromatic hydroxyl groups is 1. The molecule has 0 spiro atoms. The monoisotopic (exact) mass is 225 g/mol. The molecule has 0 fully saturated rings. The number of carbonyl (C=O) groups is 1. The van der Waals surface area contributed by atoms with Crippen molar-refractivity contribution in [1.82, 2.24) is 0 Å². The van der Waals surface area contributed by atoms with Crippen LogP contribution < -0.4 is 10.5 Å². The van der Waals surface area contributed by atoms with Gasteiger partial charge in [-0.05, 0) is 13.0 Å². The third-order valence-electron chi connectivity index (χ3n) is 2.12. The Morgan fingerprint density at radius 3 is 2.81 bits per heavy atom. The van der Waals surface area contributed by atoms with Crippen LogP contribution in [0.5, 0.6) is 11.5 Å². The molecule has 1 aromatic rings. The Hall–Kier alpha value is -1.75. The molecule has 0 heterocycles. The Labute approximate surface area is 93.8 Å². The summed E-state index contributed by atoms with van der Waals surface area (Å²) < 4.78 is 9.69. The Kier molecular flexibility index (Phi) is 4.13. The summed E-state index contributed by atoms with van der Waals surface area (Å²) in [5.74, 6) is -0.425. The molecule has 3 N–H and O–H groups in total. The summed E-state index contributed by atoms with van der Waals surface area (Å²) in [6, 6.07) is 3.81. The van der Waals surface area contributed by atoms with Gasteiger partial charge in [-0.25, -0.2) is 0 Å². The van der Waals surface area contributed by atoms with Crippen molar-refractivity contribution in [1.29, 1.82) is 0 Å². The predicted octanol–water partition coefficient (Wildman–Crippen LogP) is 0.964. The number of esters is 1. The average molecular weight is 225 g/mol. The lowest BCUT2D eigenvalue weighted by Gasteiger charge is -2.13. The zero-order valence-corrected chi connectivity index (χ0v) is 9.27. The van der Waals surface area contributed by atoms with Crippen LogP contribution in [0.3, 0.4) is 0 Å². The molecule has 0 saturated carbocycles. The lowest BCUT2D eigenvalue weighted by Crippen LogP contribution is -2.22. The summed E-state index contributed by atoms with van der Waals surface area (Å²) in [6.45, 7) is 2.22. The quantitative estimate of drug-likeness (QED) is 0.746. The largest absolute Gasteiger partial charge is 0.504 e. The molecule has 0 aliphatic heterocycles. The van der Waals surface area contributed by atoms with Crippen molar-refractivity contribution in [2.45, 2.75) is 13.0 Å². The molecule has 0 aliphatic rings. The zero-order chi connectivity index (χ0) is 12.1. The number of benzene rings is 1. The van der Waals surface area contributed by atoms with E-state index in [1.165, 1.54) is 7.11 Å². The molecular weight excluding hydrogens is 210 g/mol. The van der Waals surface area contributed by atoms with E-state index >= 15 is 0 Å². The number of hydrogen-bond donors (Lipinski definition) is 2. The third-order valence-corrected chi connectivity index (χ3v) is 2.12. The Bertz CT molecular complexity index is 378. The van der Waals surface area contributed by atoms with E-state index in [0.29, 0.717) is 12.4 Å². The molecule has 16 heavy (non-hydrogen) atoms. The van der Waals surface area contributed by atoms with Gasteiger partial charge in [-0.1, -0.05) is 12.1 Å². The summed E-state index contributed by atoms with van der Waals surface area (Å²) >= 11 is 0. The van der Waals surface area contributed by atoms with Gasteiger partial charge in [0.05, 0.1) is 13.7 Å². The van der Waals surface area contributed by atoms with Crippen LogP contribution in [0.15, 0.2) is 18.2 Å². The minimum atomic E-state index is -1.01. The fraction of sp³-hybridized carbons (Fsp3) is 0.364. The molecular formula is C11H15NO4. The molecule has 0 saturated heterocycles. The number of phenols is 1. The van der Waals surface area contributed by atoms with Crippen molar-refractivity contribution in [3.63, 3.8) is 0 Å². The van der Waals surface area contributed by atoms with Crippen molar-refractivity contribution < 1.29 is 19.4 Å².